The monoisotopic (exact) mass is 809 g/mol. The predicted octanol–water partition coefficient (Wildman–Crippen LogP) is 7.02. The molecule has 0 bridgehead atoms. The maximum atomic E-state index is 17.4. The number of aliphatic hydroxyl groups excluding tert-OH is 1. The number of hydrogen-bond donors (Lipinski definition) is 2. The minimum atomic E-state index is -2.05. The highest BCUT2D eigenvalue weighted by Crippen LogP contribution is 2.71. The van der Waals surface area contributed by atoms with Gasteiger partial charge in [-0.15, -0.1) is 0 Å². The Hall–Kier alpha value is -2.90. The third kappa shape index (κ3) is 5.81. The number of carbonyl (C=O) groups excluding carboxylic acids is 4. The van der Waals surface area contributed by atoms with E-state index >= 15 is 4.39 Å². The number of ketones is 2. The molecule has 8 atom stereocenters. The van der Waals surface area contributed by atoms with Crippen LogP contribution in [0.2, 0.25) is 5.02 Å². The van der Waals surface area contributed by atoms with E-state index in [0.29, 0.717) is 38.9 Å². The molecular formula is C37H42ClFINO8. The number of Topliss-reactive ketones (excluding diaryl/α,β-unsaturated/α-hetero) is 1. The molecule has 49 heavy (non-hydrogen) atoms. The minimum absolute atomic E-state index is 0.0430. The lowest BCUT2D eigenvalue weighted by atomic mass is 9.44. The number of halogens is 3. The number of benzene rings is 1. The Morgan fingerprint density at radius 2 is 1.86 bits per heavy atom. The van der Waals surface area contributed by atoms with Crippen molar-refractivity contribution in [3.63, 3.8) is 0 Å². The van der Waals surface area contributed by atoms with E-state index in [-0.39, 0.29) is 36.7 Å². The number of aromatic nitrogens is 1. The Balaban J connectivity index is 0.000000299. The van der Waals surface area contributed by atoms with Gasteiger partial charge >= 0.3 is 11.9 Å². The molecule has 12 heteroatoms. The van der Waals surface area contributed by atoms with Gasteiger partial charge in [0.15, 0.2) is 29.4 Å². The lowest BCUT2D eigenvalue weighted by Crippen LogP contribution is -2.70. The molecule has 1 aromatic carbocycles. The molecule has 4 aliphatic carbocycles. The molecule has 264 valence electrons. The number of fused-ring (bicyclic) bond motifs is 6. The summed E-state index contributed by atoms with van der Waals surface area (Å²) in [6.07, 6.45) is 5.95. The van der Waals surface area contributed by atoms with E-state index in [2.05, 4.69) is 4.98 Å². The number of esters is 2. The van der Waals surface area contributed by atoms with Gasteiger partial charge in [0.1, 0.15) is 5.52 Å². The molecule has 2 N–H and O–H groups in total. The number of alkyl halides is 1. The molecule has 0 spiro atoms. The fourth-order valence-corrected chi connectivity index (χ4v) is 10.2. The van der Waals surface area contributed by atoms with Crippen LogP contribution in [0.4, 0.5) is 4.39 Å². The number of hydrogen-bond acceptors (Lipinski definition) is 9. The summed E-state index contributed by atoms with van der Waals surface area (Å²) in [6.45, 7) is 8.05. The molecule has 0 amide bonds. The summed E-state index contributed by atoms with van der Waals surface area (Å²) in [5.74, 6) is -3.11. The molecule has 4 aliphatic rings. The number of pyridine rings is 1. The second-order valence-corrected chi connectivity index (χ2v) is 15.6. The van der Waals surface area contributed by atoms with Gasteiger partial charge in [0.2, 0.25) is 5.78 Å². The number of aromatic hydroxyl groups is 1. The lowest BCUT2D eigenvalue weighted by molar-refractivity contribution is -0.228. The summed E-state index contributed by atoms with van der Waals surface area (Å²) in [5.41, 5.74) is -4.71. The van der Waals surface area contributed by atoms with E-state index in [1.165, 1.54) is 12.2 Å². The normalized spacial score (nSPS) is 34.5. The van der Waals surface area contributed by atoms with Gasteiger partial charge in [-0.05, 0) is 91.5 Å². The molecule has 0 aliphatic heterocycles. The van der Waals surface area contributed by atoms with Crippen molar-refractivity contribution >= 4 is 68.6 Å². The first-order chi connectivity index (χ1) is 23.0. The third-order valence-electron chi connectivity index (χ3n) is 11.6. The first-order valence-electron chi connectivity index (χ1n) is 16.6. The van der Waals surface area contributed by atoms with E-state index < -0.39 is 64.4 Å². The van der Waals surface area contributed by atoms with Crippen molar-refractivity contribution in [3.8, 4) is 5.75 Å². The summed E-state index contributed by atoms with van der Waals surface area (Å²) in [6, 6.07) is 5.35. The SMILES string of the molecule is CCC(=O)OCC(=O)C1(OC(=O)CC)C(C)CC2C3CCC4=CC(=O)C=CC4(C)C3(F)C(O)CC21C.Oc1c(I)cc(Cl)c2cccnc12. The zero-order valence-electron chi connectivity index (χ0n) is 28.2. The molecule has 8 unspecified atom stereocenters. The van der Waals surface area contributed by atoms with Gasteiger partial charge in [-0.2, -0.15) is 0 Å². The number of nitrogens with zero attached hydrogens (tertiary/aromatic N) is 1. The first kappa shape index (κ1) is 37.4. The summed E-state index contributed by atoms with van der Waals surface area (Å²) >= 11 is 8.00. The van der Waals surface area contributed by atoms with Crippen LogP contribution in [0.3, 0.4) is 0 Å². The summed E-state index contributed by atoms with van der Waals surface area (Å²) in [4.78, 5) is 54.4. The van der Waals surface area contributed by atoms with Crippen molar-refractivity contribution in [1.82, 2.24) is 4.98 Å². The molecule has 1 heterocycles. The molecule has 0 saturated heterocycles. The number of allylic oxidation sites excluding steroid dienone is 4. The summed E-state index contributed by atoms with van der Waals surface area (Å²) in [7, 11) is 0. The molecule has 0 radical (unpaired) electrons. The first-order valence-corrected chi connectivity index (χ1v) is 18.1. The van der Waals surface area contributed by atoms with Crippen molar-refractivity contribution < 1.29 is 43.3 Å². The smallest absolute Gasteiger partial charge is 0.306 e. The highest BCUT2D eigenvalue weighted by Gasteiger charge is 2.77. The molecule has 6 rings (SSSR count). The van der Waals surface area contributed by atoms with Crippen LogP contribution in [0.25, 0.3) is 10.9 Å². The fraction of sp³-hybridized carbons (Fsp3) is 0.541. The number of rotatable bonds is 6. The van der Waals surface area contributed by atoms with Gasteiger partial charge in [-0.1, -0.05) is 50.9 Å². The van der Waals surface area contributed by atoms with Gasteiger partial charge in [0, 0.05) is 47.1 Å². The Kier molecular flexibility index (Phi) is 10.4. The van der Waals surface area contributed by atoms with Gasteiger partial charge in [0.25, 0.3) is 0 Å². The van der Waals surface area contributed by atoms with E-state index in [1.54, 1.807) is 52.1 Å². The Bertz CT molecular complexity index is 1760. The van der Waals surface area contributed by atoms with Crippen molar-refractivity contribution in [2.45, 2.75) is 90.5 Å². The molecule has 2 aromatic rings. The van der Waals surface area contributed by atoms with Crippen molar-refractivity contribution in [3.05, 3.63) is 56.8 Å². The van der Waals surface area contributed by atoms with Crippen LogP contribution in [0.1, 0.15) is 73.1 Å². The maximum absolute atomic E-state index is 17.4. The zero-order valence-corrected chi connectivity index (χ0v) is 31.1. The van der Waals surface area contributed by atoms with Crippen LogP contribution >= 0.6 is 34.2 Å². The van der Waals surface area contributed by atoms with Crippen LogP contribution in [0.5, 0.6) is 5.75 Å². The fourth-order valence-electron chi connectivity index (χ4n) is 9.16. The standard InChI is InChI=1S/C28H37FO7.C9H5ClINO/c1-6-23(33)35-15-22(32)28(36-24(34)7-2)16(3)12-20-19-9-8-17-13-18(30)10-11-25(17,4)27(19,29)21(31)14-26(20,28)5;10-6-4-7(11)9(13)8-5(6)2-1-3-12-8/h10-11,13,16,19-21,31H,6-9,12,14-15H2,1-5H3;1-4,13H. The van der Waals surface area contributed by atoms with Crippen LogP contribution in [0.15, 0.2) is 48.2 Å². The van der Waals surface area contributed by atoms with E-state index in [4.69, 9.17) is 21.1 Å². The van der Waals surface area contributed by atoms with Gasteiger partial charge < -0.3 is 19.7 Å². The average molecular weight is 810 g/mol. The Morgan fingerprint density at radius 3 is 2.53 bits per heavy atom. The van der Waals surface area contributed by atoms with Crippen molar-refractivity contribution in [1.29, 1.82) is 0 Å². The number of phenols is 1. The van der Waals surface area contributed by atoms with Gasteiger partial charge in [-0.3, -0.25) is 24.2 Å². The largest absolute Gasteiger partial charge is 0.505 e. The topological polar surface area (TPSA) is 140 Å². The van der Waals surface area contributed by atoms with Crippen LogP contribution < -0.4 is 0 Å². The zero-order chi connectivity index (χ0) is 36.1. The van der Waals surface area contributed by atoms with Gasteiger partial charge in [-0.25, -0.2) is 4.39 Å². The summed E-state index contributed by atoms with van der Waals surface area (Å²) in [5, 5.41) is 22.6. The Morgan fingerprint density at radius 1 is 1.16 bits per heavy atom. The second-order valence-electron chi connectivity index (χ2n) is 14.0. The third-order valence-corrected chi connectivity index (χ3v) is 12.7. The number of carbonyl (C=O) groups is 4. The highest BCUT2D eigenvalue weighted by atomic mass is 127. The number of phenolic OH excluding ortho intramolecular Hbond substituents is 1. The molecule has 1 aromatic heterocycles. The van der Waals surface area contributed by atoms with Gasteiger partial charge in [0.05, 0.1) is 14.7 Å². The highest BCUT2D eigenvalue weighted by molar-refractivity contribution is 14.1. The predicted molar refractivity (Wildman–Crippen MR) is 189 cm³/mol. The van der Waals surface area contributed by atoms with Crippen LogP contribution in [-0.4, -0.2) is 62.7 Å². The molecular weight excluding hydrogens is 768 g/mol. The number of ether oxygens (including phenoxy) is 2. The summed E-state index contributed by atoms with van der Waals surface area (Å²) < 4.78 is 29.2. The van der Waals surface area contributed by atoms with Crippen molar-refractivity contribution in [2.24, 2.45) is 28.6 Å². The van der Waals surface area contributed by atoms with E-state index in [1.807, 2.05) is 35.6 Å². The maximum Gasteiger partial charge on any atom is 0.306 e. The number of aliphatic hydroxyl groups is 1. The minimum Gasteiger partial charge on any atom is -0.505 e. The van der Waals surface area contributed by atoms with E-state index in [9.17, 15) is 29.4 Å². The molecule has 3 fully saturated rings. The Labute approximate surface area is 303 Å². The second kappa shape index (κ2) is 13.7. The average Bonchev–Trinajstić information content (AvgIpc) is 3.29. The quantitative estimate of drug-likeness (QED) is 0.233. The molecule has 3 saturated carbocycles. The lowest BCUT2D eigenvalue weighted by Gasteiger charge is -2.62. The van der Waals surface area contributed by atoms with Crippen LogP contribution in [0, 0.1) is 32.2 Å². The molecule has 9 nitrogen and oxygen atoms in total. The van der Waals surface area contributed by atoms with Crippen LogP contribution in [-0.2, 0) is 28.7 Å². The van der Waals surface area contributed by atoms with Crippen molar-refractivity contribution in [2.75, 3.05) is 6.61 Å². The van der Waals surface area contributed by atoms with E-state index in [0.717, 1.165) is 5.39 Å².